The Balaban J connectivity index is 1.91. The molecule has 3 nitrogen and oxygen atoms in total. The molecule has 2 aromatic carbocycles. The fourth-order valence-corrected chi connectivity index (χ4v) is 3.62. The maximum absolute atomic E-state index is 12.1. The second-order valence-corrected chi connectivity index (χ2v) is 7.59. The summed E-state index contributed by atoms with van der Waals surface area (Å²) in [5.74, 6) is 0. The molecule has 0 aromatic heterocycles. The molecule has 0 fully saturated rings. The number of rotatable bonds is 6. The van der Waals surface area contributed by atoms with Gasteiger partial charge in [0.1, 0.15) is 0 Å². The summed E-state index contributed by atoms with van der Waals surface area (Å²) >= 11 is 9.09. The van der Waals surface area contributed by atoms with E-state index in [-0.39, 0.29) is 4.90 Å². The SMILES string of the molecule is O=S(=O)(NCCCc1ccccc1)c1ccc(Cl)c(Br)c1. The van der Waals surface area contributed by atoms with Crippen LogP contribution in [0.1, 0.15) is 12.0 Å². The first kappa shape index (κ1) is 16.5. The highest BCUT2D eigenvalue weighted by atomic mass is 79.9. The van der Waals surface area contributed by atoms with Crippen LogP contribution in [0.2, 0.25) is 5.02 Å². The Morgan fingerprint density at radius 1 is 1.10 bits per heavy atom. The van der Waals surface area contributed by atoms with Crippen LogP contribution in [0.5, 0.6) is 0 Å². The number of halogens is 2. The van der Waals surface area contributed by atoms with Crippen LogP contribution in [0.25, 0.3) is 0 Å². The highest BCUT2D eigenvalue weighted by Gasteiger charge is 2.14. The van der Waals surface area contributed by atoms with E-state index < -0.39 is 10.0 Å². The second-order valence-electron chi connectivity index (χ2n) is 4.56. The van der Waals surface area contributed by atoms with Crippen molar-refractivity contribution in [1.82, 2.24) is 4.72 Å². The molecule has 0 aliphatic rings. The molecule has 0 radical (unpaired) electrons. The summed E-state index contributed by atoms with van der Waals surface area (Å²) in [5, 5.41) is 0.484. The summed E-state index contributed by atoms with van der Waals surface area (Å²) in [5.41, 5.74) is 1.20. The van der Waals surface area contributed by atoms with Crippen molar-refractivity contribution in [2.45, 2.75) is 17.7 Å². The number of hydrogen-bond donors (Lipinski definition) is 1. The summed E-state index contributed by atoms with van der Waals surface area (Å²) < 4.78 is 27.4. The van der Waals surface area contributed by atoms with Crippen molar-refractivity contribution in [1.29, 1.82) is 0 Å². The van der Waals surface area contributed by atoms with E-state index in [1.165, 1.54) is 17.7 Å². The van der Waals surface area contributed by atoms with Crippen LogP contribution in [-0.2, 0) is 16.4 Å². The topological polar surface area (TPSA) is 46.2 Å². The van der Waals surface area contributed by atoms with Gasteiger partial charge in [-0.15, -0.1) is 0 Å². The molecule has 0 unspecified atom stereocenters. The van der Waals surface area contributed by atoms with Crippen molar-refractivity contribution >= 4 is 37.6 Å². The highest BCUT2D eigenvalue weighted by Crippen LogP contribution is 2.25. The van der Waals surface area contributed by atoms with Crippen LogP contribution in [0, 0.1) is 0 Å². The minimum absolute atomic E-state index is 0.207. The van der Waals surface area contributed by atoms with Crippen LogP contribution in [0.15, 0.2) is 57.9 Å². The Morgan fingerprint density at radius 3 is 2.48 bits per heavy atom. The molecule has 0 saturated carbocycles. The number of benzene rings is 2. The number of nitrogens with one attached hydrogen (secondary N) is 1. The second kappa shape index (κ2) is 7.40. The van der Waals surface area contributed by atoms with Gasteiger partial charge in [0.15, 0.2) is 0 Å². The monoisotopic (exact) mass is 387 g/mol. The lowest BCUT2D eigenvalue weighted by atomic mass is 10.1. The molecule has 112 valence electrons. The molecule has 2 rings (SSSR count). The maximum Gasteiger partial charge on any atom is 0.240 e. The first-order valence-corrected chi connectivity index (χ1v) is 9.13. The van der Waals surface area contributed by atoms with Gasteiger partial charge < -0.3 is 0 Å². The van der Waals surface area contributed by atoms with Crippen LogP contribution in [0.4, 0.5) is 0 Å². The molecule has 0 heterocycles. The van der Waals surface area contributed by atoms with Crippen molar-refractivity contribution in [2.24, 2.45) is 0 Å². The van der Waals surface area contributed by atoms with Gasteiger partial charge in [-0.1, -0.05) is 41.9 Å². The lowest BCUT2D eigenvalue weighted by molar-refractivity contribution is 0.579. The fraction of sp³-hybridized carbons (Fsp3) is 0.200. The number of aryl methyl sites for hydroxylation is 1. The molecule has 6 heteroatoms. The standard InChI is InChI=1S/C15H15BrClNO2S/c16-14-11-13(8-9-15(14)17)21(19,20)18-10-4-7-12-5-2-1-3-6-12/h1-3,5-6,8-9,11,18H,4,7,10H2. The van der Waals surface area contributed by atoms with Gasteiger partial charge in [-0.2, -0.15) is 0 Å². The maximum atomic E-state index is 12.1. The van der Waals surface area contributed by atoms with Gasteiger partial charge in [0.25, 0.3) is 0 Å². The average Bonchev–Trinajstić information content (AvgIpc) is 2.47. The van der Waals surface area contributed by atoms with E-state index in [0.29, 0.717) is 16.0 Å². The van der Waals surface area contributed by atoms with Gasteiger partial charge in [0.05, 0.1) is 9.92 Å². The van der Waals surface area contributed by atoms with Gasteiger partial charge in [-0.05, 0) is 52.5 Å². The molecule has 1 N–H and O–H groups in total. The van der Waals surface area contributed by atoms with E-state index in [9.17, 15) is 8.42 Å². The van der Waals surface area contributed by atoms with E-state index in [4.69, 9.17) is 11.6 Å². The summed E-state index contributed by atoms with van der Waals surface area (Å²) in [6.07, 6.45) is 1.59. The van der Waals surface area contributed by atoms with Gasteiger partial charge in [0.2, 0.25) is 10.0 Å². The summed E-state index contributed by atoms with van der Waals surface area (Å²) in [6, 6.07) is 14.5. The summed E-state index contributed by atoms with van der Waals surface area (Å²) in [6.45, 7) is 0.400. The van der Waals surface area contributed by atoms with Crippen LogP contribution in [0.3, 0.4) is 0 Å². The minimum atomic E-state index is -3.49. The molecule has 0 bridgehead atoms. The van der Waals surface area contributed by atoms with Gasteiger partial charge in [-0.3, -0.25) is 0 Å². The molecular formula is C15H15BrClNO2S. The van der Waals surface area contributed by atoms with E-state index in [1.807, 2.05) is 30.3 Å². The Morgan fingerprint density at radius 2 is 1.81 bits per heavy atom. The molecule has 0 aliphatic carbocycles. The van der Waals surface area contributed by atoms with Crippen molar-refractivity contribution in [3.63, 3.8) is 0 Å². The van der Waals surface area contributed by atoms with Crippen LogP contribution < -0.4 is 4.72 Å². The normalized spacial score (nSPS) is 11.5. The van der Waals surface area contributed by atoms with Crippen molar-refractivity contribution in [2.75, 3.05) is 6.54 Å². The first-order valence-electron chi connectivity index (χ1n) is 6.48. The molecule has 21 heavy (non-hydrogen) atoms. The zero-order valence-electron chi connectivity index (χ0n) is 11.2. The summed E-state index contributed by atoms with van der Waals surface area (Å²) in [7, 11) is -3.49. The van der Waals surface area contributed by atoms with Crippen molar-refractivity contribution in [3.05, 3.63) is 63.6 Å². The largest absolute Gasteiger partial charge is 0.240 e. The minimum Gasteiger partial charge on any atom is -0.211 e. The third-order valence-corrected chi connectivity index (χ3v) is 5.65. The van der Waals surface area contributed by atoms with Crippen LogP contribution >= 0.6 is 27.5 Å². The van der Waals surface area contributed by atoms with Crippen LogP contribution in [-0.4, -0.2) is 15.0 Å². The zero-order valence-corrected chi connectivity index (χ0v) is 14.4. The average molecular weight is 389 g/mol. The number of hydrogen-bond acceptors (Lipinski definition) is 2. The predicted molar refractivity (Wildman–Crippen MR) is 89.1 cm³/mol. The lowest BCUT2D eigenvalue weighted by Crippen LogP contribution is -2.25. The molecule has 0 atom stereocenters. The Labute approximate surface area is 138 Å². The summed E-state index contributed by atoms with van der Waals surface area (Å²) in [4.78, 5) is 0.207. The van der Waals surface area contributed by atoms with E-state index in [0.717, 1.165) is 12.8 Å². The molecular weight excluding hydrogens is 374 g/mol. The van der Waals surface area contributed by atoms with Gasteiger partial charge >= 0.3 is 0 Å². The third kappa shape index (κ3) is 4.81. The van der Waals surface area contributed by atoms with Gasteiger partial charge in [0, 0.05) is 11.0 Å². The first-order chi connectivity index (χ1) is 9.99. The Bertz CT molecular complexity index is 705. The number of sulfonamides is 1. The molecule has 0 aliphatic heterocycles. The van der Waals surface area contributed by atoms with E-state index in [2.05, 4.69) is 20.7 Å². The fourth-order valence-electron chi connectivity index (χ4n) is 1.87. The lowest BCUT2D eigenvalue weighted by Gasteiger charge is -2.08. The van der Waals surface area contributed by atoms with E-state index in [1.54, 1.807) is 6.07 Å². The predicted octanol–water partition coefficient (Wildman–Crippen LogP) is 4.01. The Hall–Kier alpha value is -0.880. The van der Waals surface area contributed by atoms with Crippen molar-refractivity contribution in [3.8, 4) is 0 Å². The van der Waals surface area contributed by atoms with Crippen molar-refractivity contribution < 1.29 is 8.42 Å². The van der Waals surface area contributed by atoms with E-state index >= 15 is 0 Å². The highest BCUT2D eigenvalue weighted by molar-refractivity contribution is 9.10. The molecule has 2 aromatic rings. The zero-order chi connectivity index (χ0) is 15.3. The quantitative estimate of drug-likeness (QED) is 0.760. The van der Waals surface area contributed by atoms with Gasteiger partial charge in [-0.25, -0.2) is 13.1 Å². The Kier molecular flexibility index (Phi) is 5.81. The third-order valence-electron chi connectivity index (χ3n) is 2.98. The molecule has 0 amide bonds. The molecule has 0 spiro atoms. The molecule has 0 saturated heterocycles. The smallest absolute Gasteiger partial charge is 0.211 e.